The van der Waals surface area contributed by atoms with Crippen LogP contribution in [0.2, 0.25) is 0 Å². The maximum Gasteiger partial charge on any atom is 0.508 e. The summed E-state index contributed by atoms with van der Waals surface area (Å²) in [6, 6.07) is 0. The fourth-order valence-corrected chi connectivity index (χ4v) is 6.98. The van der Waals surface area contributed by atoms with Crippen LogP contribution in [0.1, 0.15) is 195 Å². The van der Waals surface area contributed by atoms with Gasteiger partial charge in [-0.3, -0.25) is 24.1 Å². The number of unbranched alkanes of at least 4 members (excludes halogenated alkanes) is 10. The monoisotopic (exact) mass is 931 g/mol. The van der Waals surface area contributed by atoms with E-state index in [1.54, 1.807) is 0 Å². The Labute approximate surface area is 391 Å². The van der Waals surface area contributed by atoms with Crippen molar-refractivity contribution in [1.29, 1.82) is 0 Å². The van der Waals surface area contributed by atoms with Gasteiger partial charge in [0, 0.05) is 51.9 Å². The minimum atomic E-state index is -0.944. The molecule has 0 fully saturated rings. The highest BCUT2D eigenvalue weighted by atomic mass is 16.7. The van der Waals surface area contributed by atoms with Crippen LogP contribution in [0.25, 0.3) is 0 Å². The maximum atomic E-state index is 13.0. The van der Waals surface area contributed by atoms with E-state index in [9.17, 15) is 28.8 Å². The molecule has 0 rings (SSSR count). The molecule has 16 heteroatoms. The number of ether oxygens (including phenoxy) is 7. The van der Waals surface area contributed by atoms with Crippen LogP contribution in [-0.4, -0.2) is 136 Å². The maximum absolute atomic E-state index is 13.0. The lowest BCUT2D eigenvalue weighted by Gasteiger charge is -2.26. The van der Waals surface area contributed by atoms with Gasteiger partial charge in [0.05, 0.1) is 19.8 Å². The number of hydrogen-bond donors (Lipinski definition) is 1. The zero-order valence-electron chi connectivity index (χ0n) is 41.3. The standard InChI is InChI=1S/C49H90N2O14/c1-6-11-14-17-20-39-61-47(56)30-22-26-42(25-21-29-44(52)53)64-48(57)62-40-35-51(34-33-50(9-4)10-5)36-41-63-49(58)65-43(27-23-31-45(54)59-37-18-15-12-7-2)28-24-32-46(55)60-38-19-16-13-8-3/h42-43H,6-41H2,1-5H3,(H,52,53). The smallest absolute Gasteiger partial charge is 0.481 e. The molecule has 380 valence electrons. The van der Waals surface area contributed by atoms with Crippen LogP contribution in [0.5, 0.6) is 0 Å². The van der Waals surface area contributed by atoms with E-state index in [1.165, 1.54) is 0 Å². The van der Waals surface area contributed by atoms with Crippen molar-refractivity contribution in [1.82, 2.24) is 9.80 Å². The summed E-state index contributed by atoms with van der Waals surface area (Å²) in [5.74, 6) is -1.83. The average Bonchev–Trinajstić information content (AvgIpc) is 3.27. The lowest BCUT2D eigenvalue weighted by Crippen LogP contribution is -2.39. The van der Waals surface area contributed by atoms with Gasteiger partial charge in [-0.1, -0.05) is 98.8 Å². The first-order valence-corrected chi connectivity index (χ1v) is 25.3. The fourth-order valence-electron chi connectivity index (χ4n) is 6.98. The van der Waals surface area contributed by atoms with Gasteiger partial charge in [-0.2, -0.15) is 0 Å². The molecule has 0 aliphatic heterocycles. The number of hydrogen-bond acceptors (Lipinski definition) is 15. The summed E-state index contributed by atoms with van der Waals surface area (Å²) in [5.41, 5.74) is 0. The average molecular weight is 931 g/mol. The first kappa shape index (κ1) is 61.3. The van der Waals surface area contributed by atoms with E-state index in [1.807, 2.05) is 4.90 Å². The molecule has 0 spiro atoms. The number of carbonyl (C=O) groups excluding carboxylic acids is 5. The van der Waals surface area contributed by atoms with Crippen molar-refractivity contribution in [2.45, 2.75) is 207 Å². The summed E-state index contributed by atoms with van der Waals surface area (Å²) >= 11 is 0. The third-order valence-corrected chi connectivity index (χ3v) is 11.1. The molecular weight excluding hydrogens is 841 g/mol. The van der Waals surface area contributed by atoms with E-state index >= 15 is 0 Å². The van der Waals surface area contributed by atoms with Crippen molar-refractivity contribution < 1.29 is 67.0 Å². The largest absolute Gasteiger partial charge is 0.508 e. The second-order valence-corrected chi connectivity index (χ2v) is 16.7. The van der Waals surface area contributed by atoms with Gasteiger partial charge in [0.2, 0.25) is 0 Å². The van der Waals surface area contributed by atoms with Crippen molar-refractivity contribution in [3.8, 4) is 0 Å². The quantitative estimate of drug-likeness (QED) is 0.0344. The van der Waals surface area contributed by atoms with Crippen LogP contribution in [0, 0.1) is 0 Å². The first-order chi connectivity index (χ1) is 31.5. The molecule has 1 N–H and O–H groups in total. The molecule has 0 radical (unpaired) electrons. The number of nitrogens with zero attached hydrogens (tertiary/aromatic N) is 2. The highest BCUT2D eigenvalue weighted by Crippen LogP contribution is 2.17. The van der Waals surface area contributed by atoms with Gasteiger partial charge in [-0.25, -0.2) is 9.59 Å². The highest BCUT2D eigenvalue weighted by Gasteiger charge is 2.20. The molecule has 0 aliphatic carbocycles. The Morgan fingerprint density at radius 3 is 1.08 bits per heavy atom. The predicted molar refractivity (Wildman–Crippen MR) is 250 cm³/mol. The summed E-state index contributed by atoms with van der Waals surface area (Å²) in [7, 11) is 0. The molecule has 65 heavy (non-hydrogen) atoms. The molecule has 0 saturated heterocycles. The minimum absolute atomic E-state index is 0.00161. The third kappa shape index (κ3) is 40.4. The Morgan fingerprint density at radius 1 is 0.385 bits per heavy atom. The lowest BCUT2D eigenvalue weighted by molar-refractivity contribution is -0.145. The minimum Gasteiger partial charge on any atom is -0.481 e. The van der Waals surface area contributed by atoms with Crippen LogP contribution >= 0.6 is 0 Å². The summed E-state index contributed by atoms with van der Waals surface area (Å²) in [6.45, 7) is 15.4. The van der Waals surface area contributed by atoms with Crippen LogP contribution < -0.4 is 0 Å². The zero-order chi connectivity index (χ0) is 48.2. The summed E-state index contributed by atoms with van der Waals surface area (Å²) < 4.78 is 38.3. The lowest BCUT2D eigenvalue weighted by atomic mass is 10.1. The summed E-state index contributed by atoms with van der Waals surface area (Å²) in [4.78, 5) is 78.1. The predicted octanol–water partition coefficient (Wildman–Crippen LogP) is 10.2. The summed E-state index contributed by atoms with van der Waals surface area (Å²) in [6.07, 6.45) is 14.0. The van der Waals surface area contributed by atoms with Gasteiger partial charge in [-0.15, -0.1) is 0 Å². The highest BCUT2D eigenvalue weighted by molar-refractivity contribution is 5.70. The summed E-state index contributed by atoms with van der Waals surface area (Å²) in [5, 5.41) is 9.13. The number of carboxylic acids is 1. The molecule has 0 bridgehead atoms. The normalized spacial score (nSPS) is 11.7. The number of esters is 3. The first-order valence-electron chi connectivity index (χ1n) is 25.3. The molecule has 1 atom stereocenters. The van der Waals surface area contributed by atoms with Gasteiger partial charge < -0.3 is 43.2 Å². The molecule has 0 aromatic rings. The van der Waals surface area contributed by atoms with Crippen molar-refractivity contribution >= 4 is 36.2 Å². The van der Waals surface area contributed by atoms with Crippen molar-refractivity contribution in [3.05, 3.63) is 0 Å². The Balaban J connectivity index is 5.22. The van der Waals surface area contributed by atoms with E-state index in [-0.39, 0.29) is 56.8 Å². The Morgan fingerprint density at radius 2 is 0.723 bits per heavy atom. The topological polar surface area (TPSA) is 194 Å². The molecule has 0 aromatic heterocycles. The van der Waals surface area contributed by atoms with Crippen LogP contribution in [0.15, 0.2) is 0 Å². The molecule has 0 aliphatic rings. The van der Waals surface area contributed by atoms with E-state index in [2.05, 4.69) is 39.5 Å². The molecule has 16 nitrogen and oxygen atoms in total. The van der Waals surface area contributed by atoms with E-state index in [4.69, 9.17) is 38.3 Å². The van der Waals surface area contributed by atoms with Crippen LogP contribution in [0.3, 0.4) is 0 Å². The van der Waals surface area contributed by atoms with Gasteiger partial charge in [0.15, 0.2) is 0 Å². The van der Waals surface area contributed by atoms with E-state index < -0.39 is 30.5 Å². The van der Waals surface area contributed by atoms with Gasteiger partial charge in [0.25, 0.3) is 0 Å². The number of carboxylic acid groups (broad SMARTS) is 1. The van der Waals surface area contributed by atoms with Gasteiger partial charge >= 0.3 is 36.2 Å². The van der Waals surface area contributed by atoms with Gasteiger partial charge in [0.1, 0.15) is 25.4 Å². The van der Waals surface area contributed by atoms with Gasteiger partial charge in [-0.05, 0) is 83.7 Å². The second kappa shape index (κ2) is 44.2. The Kier molecular flexibility index (Phi) is 41.7. The van der Waals surface area contributed by atoms with Crippen LogP contribution in [-0.2, 0) is 52.3 Å². The SMILES string of the molecule is CCCCCCCOC(=O)CCCC(CCCC(=O)O)OC(=O)OCCN(CCOC(=O)OC(CCCC(=O)OCCCCCC)CCCC(=O)OCCCCCC)CCN(CC)CC. The van der Waals surface area contributed by atoms with Crippen molar-refractivity contribution in [2.75, 3.05) is 72.3 Å². The molecule has 1 unspecified atom stereocenters. The Hall–Kier alpha value is -3.66. The molecule has 0 aromatic carbocycles. The number of aliphatic carboxylic acids is 1. The molecular formula is C49H90N2O14. The zero-order valence-corrected chi connectivity index (χ0v) is 41.3. The van der Waals surface area contributed by atoms with E-state index in [0.717, 1.165) is 103 Å². The van der Waals surface area contributed by atoms with Crippen molar-refractivity contribution in [3.63, 3.8) is 0 Å². The fraction of sp³-hybridized carbons (Fsp3) is 0.878. The van der Waals surface area contributed by atoms with Crippen molar-refractivity contribution in [2.24, 2.45) is 0 Å². The second-order valence-electron chi connectivity index (χ2n) is 16.7. The number of rotatable bonds is 45. The van der Waals surface area contributed by atoms with Crippen LogP contribution in [0.4, 0.5) is 9.59 Å². The molecule has 0 amide bonds. The molecule has 0 saturated carbocycles. The Bertz CT molecular complexity index is 1190. The van der Waals surface area contributed by atoms with E-state index in [0.29, 0.717) is 90.8 Å². The molecule has 0 heterocycles. The number of carbonyl (C=O) groups is 6. The third-order valence-electron chi connectivity index (χ3n) is 11.1. The number of likely N-dealkylation sites (N-methyl/N-ethyl adjacent to an activating group) is 1.